The number of phenolic OH excluding ortho intramolecular Hbond substituents is 1. The lowest BCUT2D eigenvalue weighted by Crippen LogP contribution is -2.51. The molecule has 5 rings (SSSR count). The summed E-state index contributed by atoms with van der Waals surface area (Å²) in [5, 5.41) is 25.7. The highest BCUT2D eigenvalue weighted by Crippen LogP contribution is 2.38. The van der Waals surface area contributed by atoms with Crippen LogP contribution in [-0.2, 0) is 11.3 Å². The van der Waals surface area contributed by atoms with E-state index in [1.807, 2.05) is 6.07 Å². The largest absolute Gasteiger partial charge is 0.508 e. The molecule has 2 aliphatic rings. The lowest BCUT2D eigenvalue weighted by molar-refractivity contribution is 0.0253. The highest BCUT2D eigenvalue weighted by Gasteiger charge is 2.40. The average Bonchev–Trinajstić information content (AvgIpc) is 3.60. The molecule has 0 spiro atoms. The van der Waals surface area contributed by atoms with Crippen LogP contribution < -0.4 is 10.6 Å². The number of rotatable bonds is 10. The van der Waals surface area contributed by atoms with Gasteiger partial charge >= 0.3 is 6.03 Å². The maximum Gasteiger partial charge on any atom is 0.318 e. The minimum atomic E-state index is -1.16. The van der Waals surface area contributed by atoms with Crippen molar-refractivity contribution in [3.63, 3.8) is 0 Å². The lowest BCUT2D eigenvalue weighted by Gasteiger charge is -2.40. The van der Waals surface area contributed by atoms with Gasteiger partial charge in [0.2, 0.25) is 0 Å². The molecule has 4 atom stereocenters. The monoisotopic (exact) mass is 601 g/mol. The van der Waals surface area contributed by atoms with Crippen molar-refractivity contribution < 1.29 is 32.9 Å². The third kappa shape index (κ3) is 7.31. The average molecular weight is 602 g/mol. The number of amides is 2. The van der Waals surface area contributed by atoms with Gasteiger partial charge in [0.25, 0.3) is 0 Å². The number of nitrogens with one attached hydrogen (secondary N) is 2. The van der Waals surface area contributed by atoms with E-state index in [1.54, 1.807) is 40.8 Å². The number of hydrogen-bond donors (Lipinski definition) is 4. The second-order valence-corrected chi connectivity index (χ2v) is 11.4. The van der Waals surface area contributed by atoms with Crippen LogP contribution in [-0.4, -0.2) is 82.4 Å². The molecule has 0 aliphatic carbocycles. The third-order valence-electron chi connectivity index (χ3n) is 8.18. The fourth-order valence-corrected chi connectivity index (χ4v) is 5.90. The number of nitrogens with zero attached hydrogens (tertiary/aromatic N) is 3. The van der Waals surface area contributed by atoms with Crippen molar-refractivity contribution in [2.75, 3.05) is 39.5 Å². The molecule has 2 aromatic carbocycles. The van der Waals surface area contributed by atoms with Gasteiger partial charge in [-0.1, -0.05) is 12.1 Å². The molecule has 4 N–H and O–H groups in total. The summed E-state index contributed by atoms with van der Waals surface area (Å²) in [7, 11) is 0. The maximum absolute atomic E-state index is 15.0. The first-order valence-corrected chi connectivity index (χ1v) is 14.6. The van der Waals surface area contributed by atoms with Gasteiger partial charge in [-0.15, -0.1) is 0 Å². The van der Waals surface area contributed by atoms with Crippen LogP contribution in [0.4, 0.5) is 18.0 Å². The molecular formula is C31H38F3N5O4. The van der Waals surface area contributed by atoms with E-state index in [0.717, 1.165) is 23.8 Å². The number of ether oxygens (including phenoxy) is 1. The van der Waals surface area contributed by atoms with Gasteiger partial charge in [0.15, 0.2) is 0 Å². The molecule has 0 saturated carbocycles. The molecule has 0 bridgehead atoms. The van der Waals surface area contributed by atoms with E-state index >= 15 is 4.39 Å². The van der Waals surface area contributed by atoms with Crippen molar-refractivity contribution in [2.24, 2.45) is 11.8 Å². The third-order valence-corrected chi connectivity index (χ3v) is 8.18. The van der Waals surface area contributed by atoms with Crippen LogP contribution in [0.1, 0.15) is 37.2 Å². The van der Waals surface area contributed by atoms with E-state index in [1.165, 1.54) is 0 Å². The zero-order chi connectivity index (χ0) is 30.5. The van der Waals surface area contributed by atoms with Crippen LogP contribution in [0, 0.1) is 23.5 Å². The van der Waals surface area contributed by atoms with Crippen LogP contribution in [0.15, 0.2) is 48.7 Å². The Labute approximate surface area is 248 Å². The minimum absolute atomic E-state index is 0.0321. The Kier molecular flexibility index (Phi) is 9.89. The molecule has 1 aromatic heterocycles. The standard InChI is InChI=1S/C31H38F3N5O4/c1-19(18-40)36-31(42)39(16-22-13-35-14-27(22)34)29(21-7-9-43-10-8-21)30-37-28(25-12-23(32)5-6-26(25)33)17-38(30)15-20-3-2-4-24(41)11-20/h2-6,11-12,17,19,21-22,27,29,35,40-41H,7-10,13-16,18H2,1H3,(H,36,42)/t19-,22-,27-,29?/m0/s1. The Balaban J connectivity index is 1.65. The van der Waals surface area contributed by atoms with E-state index in [4.69, 9.17) is 9.72 Å². The van der Waals surface area contributed by atoms with E-state index in [2.05, 4.69) is 10.6 Å². The van der Waals surface area contributed by atoms with Gasteiger partial charge in [-0.2, -0.15) is 0 Å². The number of phenols is 1. The second kappa shape index (κ2) is 13.8. The molecule has 2 amide bonds. The minimum Gasteiger partial charge on any atom is -0.508 e. The second-order valence-electron chi connectivity index (χ2n) is 11.4. The van der Waals surface area contributed by atoms with Gasteiger partial charge in [-0.3, -0.25) is 0 Å². The summed E-state index contributed by atoms with van der Waals surface area (Å²) in [6.07, 6.45) is 1.64. The summed E-state index contributed by atoms with van der Waals surface area (Å²) >= 11 is 0. The number of halogens is 3. The fraction of sp³-hybridized carbons (Fsp3) is 0.484. The summed E-state index contributed by atoms with van der Waals surface area (Å²) in [4.78, 5) is 20.3. The number of hydrogen-bond acceptors (Lipinski definition) is 6. The number of imidazole rings is 1. The van der Waals surface area contributed by atoms with Gasteiger partial charge in [0.05, 0.1) is 24.4 Å². The number of aliphatic hydroxyl groups excluding tert-OH is 1. The van der Waals surface area contributed by atoms with E-state index in [9.17, 15) is 23.8 Å². The summed E-state index contributed by atoms with van der Waals surface area (Å²) in [5.74, 6) is -1.41. The molecule has 0 radical (unpaired) electrons. The molecule has 43 heavy (non-hydrogen) atoms. The highest BCUT2D eigenvalue weighted by atomic mass is 19.1. The van der Waals surface area contributed by atoms with Crippen molar-refractivity contribution in [3.05, 3.63) is 71.7 Å². The first-order chi connectivity index (χ1) is 20.7. The molecule has 9 nitrogen and oxygen atoms in total. The zero-order valence-corrected chi connectivity index (χ0v) is 24.1. The number of aliphatic hydroxyl groups is 1. The van der Waals surface area contributed by atoms with Crippen LogP contribution in [0.5, 0.6) is 5.75 Å². The molecule has 232 valence electrons. The van der Waals surface area contributed by atoms with Gasteiger partial charge in [-0.25, -0.2) is 22.9 Å². The van der Waals surface area contributed by atoms with E-state index in [0.29, 0.717) is 38.4 Å². The molecule has 2 fully saturated rings. The normalized spacial score (nSPS) is 20.6. The number of carbonyl (C=O) groups is 1. The number of aromatic nitrogens is 2. The molecule has 2 saturated heterocycles. The number of carbonyl (C=O) groups excluding carboxylic acids is 1. The number of benzene rings is 2. The Morgan fingerprint density at radius 3 is 2.70 bits per heavy atom. The topological polar surface area (TPSA) is 112 Å². The van der Waals surface area contributed by atoms with Gasteiger partial charge in [-0.05, 0) is 61.6 Å². The molecule has 1 unspecified atom stereocenters. The van der Waals surface area contributed by atoms with Crippen molar-refractivity contribution in [1.29, 1.82) is 0 Å². The predicted molar refractivity (Wildman–Crippen MR) is 154 cm³/mol. The lowest BCUT2D eigenvalue weighted by atomic mass is 9.89. The molecule has 12 heteroatoms. The first kappa shape index (κ1) is 30.8. The molecular weight excluding hydrogens is 563 g/mol. The van der Waals surface area contributed by atoms with Crippen LogP contribution in [0.3, 0.4) is 0 Å². The molecule has 3 heterocycles. The van der Waals surface area contributed by atoms with Gasteiger partial charge in [0, 0.05) is 57.1 Å². The fourth-order valence-electron chi connectivity index (χ4n) is 5.90. The van der Waals surface area contributed by atoms with Crippen LogP contribution in [0.25, 0.3) is 11.3 Å². The summed E-state index contributed by atoms with van der Waals surface area (Å²) < 4.78 is 51.6. The summed E-state index contributed by atoms with van der Waals surface area (Å²) in [6, 6.07) is 8.09. The van der Waals surface area contributed by atoms with Gasteiger partial charge < -0.3 is 35.1 Å². The molecule has 3 aromatic rings. The van der Waals surface area contributed by atoms with E-state index in [-0.39, 0.29) is 49.2 Å². The van der Waals surface area contributed by atoms with Crippen molar-refractivity contribution >= 4 is 6.03 Å². The smallest absolute Gasteiger partial charge is 0.318 e. The highest BCUT2D eigenvalue weighted by molar-refractivity contribution is 5.75. The summed E-state index contributed by atoms with van der Waals surface area (Å²) in [6.45, 7) is 3.16. The predicted octanol–water partition coefficient (Wildman–Crippen LogP) is 4.00. The quantitative estimate of drug-likeness (QED) is 0.280. The van der Waals surface area contributed by atoms with Crippen molar-refractivity contribution in [3.8, 4) is 17.0 Å². The Bertz CT molecular complexity index is 1400. The zero-order valence-electron chi connectivity index (χ0n) is 24.1. The SMILES string of the molecule is C[C@@H](CO)NC(=O)N(C[C@@H]1CNC[C@@H]1F)C(c1nc(-c2cc(F)ccc2F)cn1Cc1cccc(O)c1)C1CCOCC1. The maximum atomic E-state index is 15.0. The number of urea groups is 1. The van der Waals surface area contributed by atoms with Crippen molar-refractivity contribution in [2.45, 2.75) is 44.6 Å². The first-order valence-electron chi connectivity index (χ1n) is 14.6. The number of alkyl halides is 1. The number of aromatic hydroxyl groups is 1. The van der Waals surface area contributed by atoms with Crippen LogP contribution >= 0.6 is 0 Å². The Hall–Kier alpha value is -3.61. The van der Waals surface area contributed by atoms with E-state index < -0.39 is 41.8 Å². The van der Waals surface area contributed by atoms with Crippen molar-refractivity contribution in [1.82, 2.24) is 25.1 Å². The van der Waals surface area contributed by atoms with Gasteiger partial charge in [0.1, 0.15) is 29.4 Å². The Morgan fingerprint density at radius 1 is 1.21 bits per heavy atom. The van der Waals surface area contributed by atoms with Crippen LogP contribution in [0.2, 0.25) is 0 Å². The molecule has 2 aliphatic heterocycles. The Morgan fingerprint density at radius 2 is 2.00 bits per heavy atom. The summed E-state index contributed by atoms with van der Waals surface area (Å²) in [5.41, 5.74) is 0.874.